The van der Waals surface area contributed by atoms with E-state index >= 15 is 0 Å². The summed E-state index contributed by atoms with van der Waals surface area (Å²) in [5.74, 6) is -0.204. The van der Waals surface area contributed by atoms with Crippen LogP contribution in [-0.2, 0) is 11.2 Å². The molecule has 6 rings (SSSR count). The van der Waals surface area contributed by atoms with Crippen molar-refractivity contribution in [2.75, 3.05) is 39.3 Å². The number of nitrogens with one attached hydrogen (secondary N) is 1. The molecule has 0 aliphatic carbocycles. The summed E-state index contributed by atoms with van der Waals surface area (Å²) in [4.78, 5) is 25.5. The molecule has 2 fully saturated rings. The van der Waals surface area contributed by atoms with E-state index in [1.54, 1.807) is 12.3 Å². The highest BCUT2D eigenvalue weighted by Crippen LogP contribution is 2.36. The number of piperazine rings is 1. The van der Waals surface area contributed by atoms with Crippen LogP contribution in [-0.4, -0.2) is 71.0 Å². The summed E-state index contributed by atoms with van der Waals surface area (Å²) in [5, 5.41) is 1.09. The molecule has 2 aromatic heterocycles. The fourth-order valence-corrected chi connectivity index (χ4v) is 5.33. The second kappa shape index (κ2) is 11.1. The number of carbonyl (C=O) groups excluding carboxylic acids is 1. The molecule has 0 radical (unpaired) electrons. The van der Waals surface area contributed by atoms with E-state index in [9.17, 15) is 9.18 Å². The summed E-state index contributed by atoms with van der Waals surface area (Å²) in [5.41, 5.74) is 4.12. The average Bonchev–Trinajstić information content (AvgIpc) is 3.64. The number of halogens is 2. The van der Waals surface area contributed by atoms with Gasteiger partial charge in [0.25, 0.3) is 0 Å². The topological polar surface area (TPSA) is 64.8 Å². The van der Waals surface area contributed by atoms with Crippen molar-refractivity contribution in [2.45, 2.75) is 18.6 Å². The minimum atomic E-state index is -0.237. The SMILES string of the molecule is Cl.O=C(c1ccc2cc[nH]c2c1)c1ccccc1C(C1CO1)N1CCN(CCc2ccncc2F)CC1. The maximum atomic E-state index is 13.9. The number of pyridine rings is 1. The molecule has 4 heterocycles. The van der Waals surface area contributed by atoms with Gasteiger partial charge < -0.3 is 14.6 Å². The second-order valence-corrected chi connectivity index (χ2v) is 9.61. The van der Waals surface area contributed by atoms with E-state index in [-0.39, 0.29) is 36.2 Å². The maximum Gasteiger partial charge on any atom is 0.193 e. The molecule has 2 saturated heterocycles. The van der Waals surface area contributed by atoms with Crippen molar-refractivity contribution in [3.8, 4) is 0 Å². The van der Waals surface area contributed by atoms with Gasteiger partial charge in [0, 0.05) is 61.8 Å². The zero-order chi connectivity index (χ0) is 24.5. The predicted molar refractivity (Wildman–Crippen MR) is 144 cm³/mol. The molecule has 0 bridgehead atoms. The van der Waals surface area contributed by atoms with Crippen molar-refractivity contribution in [1.82, 2.24) is 19.8 Å². The molecule has 4 aromatic rings. The first-order valence-corrected chi connectivity index (χ1v) is 12.5. The van der Waals surface area contributed by atoms with E-state index in [0.29, 0.717) is 24.2 Å². The Balaban J connectivity index is 0.00000280. The number of fused-ring (bicyclic) bond motifs is 1. The first-order valence-electron chi connectivity index (χ1n) is 12.5. The maximum absolute atomic E-state index is 13.9. The zero-order valence-corrected chi connectivity index (χ0v) is 21.3. The second-order valence-electron chi connectivity index (χ2n) is 9.61. The Morgan fingerprint density at radius 1 is 1.11 bits per heavy atom. The first-order chi connectivity index (χ1) is 17.7. The van der Waals surface area contributed by atoms with Crippen molar-refractivity contribution < 1.29 is 13.9 Å². The van der Waals surface area contributed by atoms with Crippen LogP contribution in [0.25, 0.3) is 10.9 Å². The number of hydrogen-bond donors (Lipinski definition) is 1. The molecule has 1 N–H and O–H groups in total. The summed E-state index contributed by atoms with van der Waals surface area (Å²) in [6, 6.07) is 17.6. The molecule has 0 saturated carbocycles. The highest BCUT2D eigenvalue weighted by molar-refractivity contribution is 6.11. The number of H-pyrrole nitrogens is 1. The molecule has 0 spiro atoms. The van der Waals surface area contributed by atoms with Crippen LogP contribution in [0, 0.1) is 5.82 Å². The molecular weight excluding hydrogens is 491 g/mol. The molecule has 2 unspecified atom stereocenters. The molecule has 2 aliphatic rings. The molecule has 2 aliphatic heterocycles. The highest BCUT2D eigenvalue weighted by Gasteiger charge is 2.40. The number of nitrogens with zero attached hydrogens (tertiary/aromatic N) is 3. The van der Waals surface area contributed by atoms with E-state index in [4.69, 9.17) is 4.74 Å². The lowest BCUT2D eigenvalue weighted by atomic mass is 9.91. The van der Waals surface area contributed by atoms with E-state index in [1.165, 1.54) is 6.20 Å². The number of hydrogen-bond acceptors (Lipinski definition) is 5. The molecule has 2 aromatic carbocycles. The minimum absolute atomic E-state index is 0. The fourth-order valence-electron chi connectivity index (χ4n) is 5.33. The van der Waals surface area contributed by atoms with E-state index < -0.39 is 0 Å². The van der Waals surface area contributed by atoms with Gasteiger partial charge in [0.1, 0.15) is 11.9 Å². The molecule has 2 atom stereocenters. The van der Waals surface area contributed by atoms with Crippen LogP contribution in [0.2, 0.25) is 0 Å². The van der Waals surface area contributed by atoms with Crippen molar-refractivity contribution in [3.63, 3.8) is 0 Å². The van der Waals surface area contributed by atoms with Crippen LogP contribution >= 0.6 is 12.4 Å². The van der Waals surface area contributed by atoms with Gasteiger partial charge in [-0.3, -0.25) is 14.7 Å². The number of aromatic nitrogens is 2. The zero-order valence-electron chi connectivity index (χ0n) is 20.5. The summed E-state index contributed by atoms with van der Waals surface area (Å²) >= 11 is 0. The monoisotopic (exact) mass is 520 g/mol. The van der Waals surface area contributed by atoms with E-state index in [1.807, 2.05) is 48.7 Å². The number of benzene rings is 2. The summed E-state index contributed by atoms with van der Waals surface area (Å²) in [7, 11) is 0. The van der Waals surface area contributed by atoms with Gasteiger partial charge in [0.15, 0.2) is 5.78 Å². The lowest BCUT2D eigenvalue weighted by molar-refractivity contribution is 0.0814. The van der Waals surface area contributed by atoms with Crippen LogP contribution in [0.1, 0.15) is 33.1 Å². The largest absolute Gasteiger partial charge is 0.371 e. The van der Waals surface area contributed by atoms with Gasteiger partial charge in [-0.2, -0.15) is 0 Å². The number of rotatable bonds is 8. The van der Waals surface area contributed by atoms with Gasteiger partial charge in [-0.05, 0) is 41.1 Å². The van der Waals surface area contributed by atoms with Gasteiger partial charge in [-0.25, -0.2) is 4.39 Å². The van der Waals surface area contributed by atoms with Crippen LogP contribution in [0.3, 0.4) is 0 Å². The van der Waals surface area contributed by atoms with Crippen molar-refractivity contribution in [2.24, 2.45) is 0 Å². The first kappa shape index (κ1) is 25.5. The Labute approximate surface area is 221 Å². The summed E-state index contributed by atoms with van der Waals surface area (Å²) in [6.45, 7) is 5.07. The van der Waals surface area contributed by atoms with Crippen LogP contribution in [0.15, 0.2) is 73.2 Å². The lowest BCUT2D eigenvalue weighted by Gasteiger charge is -2.39. The number of aromatic amines is 1. The number of ketones is 1. The Morgan fingerprint density at radius 2 is 1.92 bits per heavy atom. The number of epoxide rings is 1. The van der Waals surface area contributed by atoms with Gasteiger partial charge in [0.05, 0.1) is 18.8 Å². The standard InChI is InChI=1S/C29H29FN4O2.ClH/c30-25-18-31-10-7-20(25)9-12-33-13-15-34(16-14-33)28(27-19-36-27)23-3-1-2-4-24(23)29(35)22-6-5-21-8-11-32-26(21)17-22;/h1-8,10-11,17-18,27-28,32H,9,12-16,19H2;1H. The van der Waals surface area contributed by atoms with E-state index in [2.05, 4.69) is 25.8 Å². The molecule has 37 heavy (non-hydrogen) atoms. The van der Waals surface area contributed by atoms with Crippen molar-refractivity contribution in [3.05, 3.63) is 101 Å². The quantitative estimate of drug-likeness (QED) is 0.270. The number of ether oxygens (including phenoxy) is 1. The Kier molecular flexibility index (Phi) is 7.67. The Morgan fingerprint density at radius 3 is 2.70 bits per heavy atom. The smallest absolute Gasteiger partial charge is 0.193 e. The molecule has 6 nitrogen and oxygen atoms in total. The third kappa shape index (κ3) is 5.45. The Bertz CT molecular complexity index is 1380. The summed E-state index contributed by atoms with van der Waals surface area (Å²) < 4.78 is 19.7. The summed E-state index contributed by atoms with van der Waals surface area (Å²) in [6.07, 6.45) is 5.59. The third-order valence-corrected chi connectivity index (χ3v) is 7.41. The normalized spacial score (nSPS) is 18.9. The van der Waals surface area contributed by atoms with Gasteiger partial charge in [-0.15, -0.1) is 12.4 Å². The molecule has 192 valence electrons. The van der Waals surface area contributed by atoms with E-state index in [0.717, 1.165) is 54.8 Å². The Hall–Kier alpha value is -3.10. The molecule has 8 heteroatoms. The van der Waals surface area contributed by atoms with Crippen LogP contribution < -0.4 is 0 Å². The van der Waals surface area contributed by atoms with Crippen molar-refractivity contribution >= 4 is 29.1 Å². The van der Waals surface area contributed by atoms with Gasteiger partial charge in [-0.1, -0.05) is 36.4 Å². The van der Waals surface area contributed by atoms with Gasteiger partial charge >= 0.3 is 0 Å². The highest BCUT2D eigenvalue weighted by atomic mass is 35.5. The molecular formula is C29H30ClFN4O2. The van der Waals surface area contributed by atoms with Crippen LogP contribution in [0.4, 0.5) is 4.39 Å². The average molecular weight is 521 g/mol. The third-order valence-electron chi connectivity index (χ3n) is 7.41. The molecule has 0 amide bonds. The lowest BCUT2D eigenvalue weighted by Crippen LogP contribution is -2.49. The predicted octanol–water partition coefficient (Wildman–Crippen LogP) is 4.66. The van der Waals surface area contributed by atoms with Crippen LogP contribution in [0.5, 0.6) is 0 Å². The fraction of sp³-hybridized carbons (Fsp3) is 0.310. The number of carbonyl (C=O) groups is 1. The van der Waals surface area contributed by atoms with Crippen molar-refractivity contribution in [1.29, 1.82) is 0 Å². The minimum Gasteiger partial charge on any atom is -0.371 e. The van der Waals surface area contributed by atoms with Gasteiger partial charge in [0.2, 0.25) is 0 Å².